The molecular weight excluding hydrogens is 404 g/mol. The van der Waals surface area contributed by atoms with Crippen LogP contribution < -0.4 is 20.5 Å². The van der Waals surface area contributed by atoms with Crippen molar-refractivity contribution < 1.29 is 19.1 Å². The normalized spacial score (nSPS) is 15.4. The number of carbonyl (C=O) groups is 2. The number of nitrogens with one attached hydrogen (secondary N) is 2. The molecule has 162 valence electrons. The van der Waals surface area contributed by atoms with Gasteiger partial charge in [-0.05, 0) is 30.0 Å². The zero-order valence-electron chi connectivity index (χ0n) is 17.7. The van der Waals surface area contributed by atoms with Crippen molar-refractivity contribution in [3.8, 4) is 5.75 Å². The molecule has 1 atom stereocenters. The number of amides is 2. The van der Waals surface area contributed by atoms with Gasteiger partial charge in [0.05, 0.1) is 13.2 Å². The Hall–Kier alpha value is -2.65. The number of nitrogens with zero attached hydrogens (tertiary/aromatic N) is 2. The minimum Gasteiger partial charge on any atom is -0.481 e. The SMILES string of the molecule is CC(Oc1ccc(C(C)(C)C)cc1)C(=O)NNC(=O)c1csc(N2CCOCC2)n1. The Labute approximate surface area is 180 Å². The maximum Gasteiger partial charge on any atom is 0.289 e. The highest BCUT2D eigenvalue weighted by atomic mass is 32.1. The van der Waals surface area contributed by atoms with Crippen molar-refractivity contribution in [3.05, 3.63) is 40.9 Å². The van der Waals surface area contributed by atoms with E-state index in [1.807, 2.05) is 24.3 Å². The quantitative estimate of drug-likeness (QED) is 0.706. The highest BCUT2D eigenvalue weighted by Crippen LogP contribution is 2.24. The van der Waals surface area contributed by atoms with Gasteiger partial charge in [0.25, 0.3) is 11.8 Å². The lowest BCUT2D eigenvalue weighted by Crippen LogP contribution is -2.47. The van der Waals surface area contributed by atoms with E-state index in [9.17, 15) is 9.59 Å². The van der Waals surface area contributed by atoms with Crippen molar-refractivity contribution in [3.63, 3.8) is 0 Å². The van der Waals surface area contributed by atoms with E-state index in [1.165, 1.54) is 16.9 Å². The summed E-state index contributed by atoms with van der Waals surface area (Å²) in [6.45, 7) is 10.8. The van der Waals surface area contributed by atoms with Crippen LogP contribution in [0, 0.1) is 0 Å². The number of carbonyl (C=O) groups excluding carboxylic acids is 2. The number of morpholine rings is 1. The van der Waals surface area contributed by atoms with Crippen molar-refractivity contribution in [1.29, 1.82) is 0 Å². The smallest absolute Gasteiger partial charge is 0.289 e. The molecule has 2 aromatic rings. The molecule has 1 aliphatic heterocycles. The van der Waals surface area contributed by atoms with Crippen LogP contribution in [0.3, 0.4) is 0 Å². The summed E-state index contributed by atoms with van der Waals surface area (Å²) in [7, 11) is 0. The standard InChI is InChI=1S/C21H28N4O4S/c1-14(29-16-7-5-15(6-8-16)21(2,3)4)18(26)23-24-19(27)17-13-30-20(22-17)25-9-11-28-12-10-25/h5-8,13-14H,9-12H2,1-4H3,(H,23,26)(H,24,27). The van der Waals surface area contributed by atoms with E-state index in [2.05, 4.69) is 41.5 Å². The predicted octanol–water partition coefficient (Wildman–Crippen LogP) is 2.51. The predicted molar refractivity (Wildman–Crippen MR) is 116 cm³/mol. The van der Waals surface area contributed by atoms with E-state index in [0.717, 1.165) is 18.2 Å². The van der Waals surface area contributed by atoms with Crippen LogP contribution in [0.1, 0.15) is 43.7 Å². The van der Waals surface area contributed by atoms with Crippen LogP contribution in [0.25, 0.3) is 0 Å². The van der Waals surface area contributed by atoms with E-state index >= 15 is 0 Å². The van der Waals surface area contributed by atoms with Crippen molar-refractivity contribution in [1.82, 2.24) is 15.8 Å². The second-order valence-electron chi connectivity index (χ2n) is 8.09. The number of thiazole rings is 1. The number of anilines is 1. The second kappa shape index (κ2) is 9.44. The average molecular weight is 433 g/mol. The zero-order chi connectivity index (χ0) is 21.7. The number of benzene rings is 1. The fourth-order valence-electron chi connectivity index (χ4n) is 2.84. The van der Waals surface area contributed by atoms with Crippen molar-refractivity contribution >= 4 is 28.3 Å². The Balaban J connectivity index is 1.48. The lowest BCUT2D eigenvalue weighted by Gasteiger charge is -2.25. The Bertz CT molecular complexity index is 870. The van der Waals surface area contributed by atoms with Crippen molar-refractivity contribution in [2.45, 2.75) is 39.2 Å². The van der Waals surface area contributed by atoms with Gasteiger partial charge in [-0.1, -0.05) is 32.9 Å². The number of hydrazine groups is 1. The lowest BCUT2D eigenvalue weighted by atomic mass is 9.87. The van der Waals surface area contributed by atoms with Gasteiger partial charge in [-0.15, -0.1) is 11.3 Å². The first kappa shape index (κ1) is 22.0. The third kappa shape index (κ3) is 5.70. The van der Waals surface area contributed by atoms with E-state index < -0.39 is 17.9 Å². The molecule has 1 fully saturated rings. The number of ether oxygens (including phenoxy) is 2. The fraction of sp³-hybridized carbons (Fsp3) is 0.476. The topological polar surface area (TPSA) is 92.8 Å². The number of hydrogen-bond acceptors (Lipinski definition) is 7. The number of aromatic nitrogens is 1. The summed E-state index contributed by atoms with van der Waals surface area (Å²) in [5.74, 6) is -0.334. The molecule has 2 heterocycles. The Morgan fingerprint density at radius 1 is 1.17 bits per heavy atom. The summed E-state index contributed by atoms with van der Waals surface area (Å²) in [5.41, 5.74) is 6.27. The Kier molecular flexibility index (Phi) is 6.94. The Morgan fingerprint density at radius 3 is 2.47 bits per heavy atom. The molecule has 0 saturated carbocycles. The van der Waals surface area contributed by atoms with Crippen LogP contribution in [0.4, 0.5) is 5.13 Å². The molecule has 9 heteroatoms. The molecule has 8 nitrogen and oxygen atoms in total. The molecule has 1 aromatic heterocycles. The molecular formula is C21H28N4O4S. The molecule has 0 spiro atoms. The van der Waals surface area contributed by atoms with Crippen molar-refractivity contribution in [2.24, 2.45) is 0 Å². The van der Waals surface area contributed by atoms with Crippen LogP contribution in [-0.2, 0) is 14.9 Å². The third-order valence-electron chi connectivity index (χ3n) is 4.71. The Morgan fingerprint density at radius 2 is 1.83 bits per heavy atom. The molecule has 30 heavy (non-hydrogen) atoms. The number of hydrogen-bond donors (Lipinski definition) is 2. The first-order chi connectivity index (χ1) is 14.2. The molecule has 0 radical (unpaired) electrons. The highest BCUT2D eigenvalue weighted by Gasteiger charge is 2.20. The zero-order valence-corrected chi connectivity index (χ0v) is 18.5. The maximum absolute atomic E-state index is 12.3. The third-order valence-corrected chi connectivity index (χ3v) is 5.61. The summed E-state index contributed by atoms with van der Waals surface area (Å²) in [6, 6.07) is 7.64. The lowest BCUT2D eigenvalue weighted by molar-refractivity contribution is -0.128. The summed E-state index contributed by atoms with van der Waals surface area (Å²) in [5, 5.41) is 2.44. The van der Waals surface area contributed by atoms with E-state index in [0.29, 0.717) is 19.0 Å². The summed E-state index contributed by atoms with van der Waals surface area (Å²) >= 11 is 1.39. The monoisotopic (exact) mass is 432 g/mol. The summed E-state index contributed by atoms with van der Waals surface area (Å²) in [4.78, 5) is 31.0. The minimum atomic E-state index is -0.773. The highest BCUT2D eigenvalue weighted by molar-refractivity contribution is 7.13. The van der Waals surface area contributed by atoms with Gasteiger partial charge in [-0.2, -0.15) is 0 Å². The minimum absolute atomic E-state index is 0.0448. The van der Waals surface area contributed by atoms with Gasteiger partial charge >= 0.3 is 0 Å². The fourth-order valence-corrected chi connectivity index (χ4v) is 3.70. The van der Waals surface area contributed by atoms with E-state index in [-0.39, 0.29) is 11.1 Å². The van der Waals surface area contributed by atoms with Crippen molar-refractivity contribution in [2.75, 3.05) is 31.2 Å². The summed E-state index contributed by atoms with van der Waals surface area (Å²) < 4.78 is 11.0. The van der Waals surface area contributed by atoms with Gasteiger partial charge in [-0.25, -0.2) is 4.98 Å². The first-order valence-electron chi connectivity index (χ1n) is 9.89. The molecule has 1 unspecified atom stereocenters. The van der Waals surface area contributed by atoms with E-state index in [1.54, 1.807) is 12.3 Å². The first-order valence-corrected chi connectivity index (χ1v) is 10.8. The average Bonchev–Trinajstić information content (AvgIpc) is 3.22. The summed E-state index contributed by atoms with van der Waals surface area (Å²) in [6.07, 6.45) is -0.773. The maximum atomic E-state index is 12.3. The second-order valence-corrected chi connectivity index (χ2v) is 8.93. The largest absolute Gasteiger partial charge is 0.481 e. The van der Waals surface area contributed by atoms with Crippen LogP contribution in [0.2, 0.25) is 0 Å². The molecule has 2 amide bonds. The molecule has 2 N–H and O–H groups in total. The molecule has 1 saturated heterocycles. The van der Waals surface area contributed by atoms with Crippen LogP contribution >= 0.6 is 11.3 Å². The van der Waals surface area contributed by atoms with Crippen LogP contribution in [0.5, 0.6) is 5.75 Å². The van der Waals surface area contributed by atoms with Gasteiger partial charge < -0.3 is 14.4 Å². The number of rotatable bonds is 5. The molecule has 0 aliphatic carbocycles. The van der Waals surface area contributed by atoms with Gasteiger partial charge in [0.2, 0.25) is 0 Å². The molecule has 1 aromatic carbocycles. The van der Waals surface area contributed by atoms with Crippen LogP contribution in [0.15, 0.2) is 29.6 Å². The molecule has 0 bridgehead atoms. The molecule has 1 aliphatic rings. The van der Waals surface area contributed by atoms with Gasteiger partial charge in [0.1, 0.15) is 11.4 Å². The van der Waals surface area contributed by atoms with Gasteiger partial charge in [-0.3, -0.25) is 20.4 Å². The molecule has 3 rings (SSSR count). The van der Waals surface area contributed by atoms with Crippen LogP contribution in [-0.4, -0.2) is 49.2 Å². The van der Waals surface area contributed by atoms with E-state index in [4.69, 9.17) is 9.47 Å². The van der Waals surface area contributed by atoms with Gasteiger partial charge in [0, 0.05) is 18.5 Å². The van der Waals surface area contributed by atoms with Gasteiger partial charge in [0.15, 0.2) is 11.2 Å².